The molecule has 2 saturated heterocycles. The van der Waals surface area contributed by atoms with E-state index in [0.717, 1.165) is 16.7 Å². The largest absolute Gasteiger partial charge is 0.508 e. The van der Waals surface area contributed by atoms with Crippen LogP contribution in [0.4, 0.5) is 0 Å². The van der Waals surface area contributed by atoms with Crippen LogP contribution in [0.2, 0.25) is 0 Å². The molecule has 2 aromatic carbocycles. The number of carbonyl (C=O) groups is 2. The van der Waals surface area contributed by atoms with Crippen LogP contribution in [0.15, 0.2) is 45.2 Å². The van der Waals surface area contributed by atoms with Crippen LogP contribution in [0.1, 0.15) is 43.0 Å². The molecule has 2 aliphatic heterocycles. The van der Waals surface area contributed by atoms with Gasteiger partial charge in [0.05, 0.1) is 26.4 Å². The van der Waals surface area contributed by atoms with E-state index >= 15 is 0 Å². The van der Waals surface area contributed by atoms with E-state index < -0.39 is 5.92 Å². The number of fused-ring (bicyclic) bond motifs is 2. The molecule has 0 aliphatic carbocycles. The third-order valence-electron chi connectivity index (χ3n) is 7.07. The average Bonchev–Trinajstić information content (AvgIpc) is 3.60. The molecule has 2 fully saturated rings. The van der Waals surface area contributed by atoms with Crippen molar-refractivity contribution in [1.82, 2.24) is 19.8 Å². The topological polar surface area (TPSA) is 131 Å². The van der Waals surface area contributed by atoms with Gasteiger partial charge in [0.25, 0.3) is 0 Å². The molecule has 0 radical (unpaired) electrons. The highest BCUT2D eigenvalue weighted by Crippen LogP contribution is 2.26. The van der Waals surface area contributed by atoms with Crippen LogP contribution < -0.4 is 0 Å². The molecule has 11 heteroatoms. The van der Waals surface area contributed by atoms with E-state index in [-0.39, 0.29) is 23.5 Å². The lowest BCUT2D eigenvalue weighted by atomic mass is 10.1. The van der Waals surface area contributed by atoms with Gasteiger partial charge in [0.15, 0.2) is 11.2 Å². The van der Waals surface area contributed by atoms with Crippen molar-refractivity contribution < 1.29 is 33.0 Å². The Kier molecular flexibility index (Phi) is 8.32. The quantitative estimate of drug-likeness (QED) is 0.405. The second kappa shape index (κ2) is 12.1. The molecule has 2 aromatic heterocycles. The first kappa shape index (κ1) is 27.6. The third kappa shape index (κ3) is 6.10. The molecule has 2 atom stereocenters. The summed E-state index contributed by atoms with van der Waals surface area (Å²) >= 11 is 0. The number of carbonyl (C=O) groups excluding carboxylic acids is 2. The fourth-order valence-electron chi connectivity index (χ4n) is 4.69. The van der Waals surface area contributed by atoms with Gasteiger partial charge < -0.3 is 33.2 Å². The summed E-state index contributed by atoms with van der Waals surface area (Å²) in [4.78, 5) is 37.1. The van der Waals surface area contributed by atoms with Gasteiger partial charge in [-0.15, -0.1) is 0 Å². The van der Waals surface area contributed by atoms with Crippen LogP contribution in [0.3, 0.4) is 0 Å². The summed E-state index contributed by atoms with van der Waals surface area (Å²) in [5.41, 5.74) is 3.79. The van der Waals surface area contributed by atoms with Crippen molar-refractivity contribution in [2.24, 2.45) is 0 Å². The monoisotopic (exact) mass is 550 g/mol. The normalized spacial score (nSPS) is 17.4. The number of aromatic hydroxyl groups is 1. The van der Waals surface area contributed by atoms with Gasteiger partial charge in [-0.25, -0.2) is 9.97 Å². The first-order valence-electron chi connectivity index (χ1n) is 13.5. The lowest BCUT2D eigenvalue weighted by molar-refractivity contribution is -0.137. The maximum Gasteiger partial charge on any atom is 0.234 e. The van der Waals surface area contributed by atoms with E-state index in [1.54, 1.807) is 17.9 Å². The predicted molar refractivity (Wildman–Crippen MR) is 146 cm³/mol. The molecular formula is C29H34N4O7. The lowest BCUT2D eigenvalue weighted by Gasteiger charge is -2.28. The molecule has 0 spiro atoms. The molecule has 212 valence electrons. The lowest BCUT2D eigenvalue weighted by Crippen LogP contribution is -2.42. The van der Waals surface area contributed by atoms with E-state index in [4.69, 9.17) is 18.3 Å². The first-order chi connectivity index (χ1) is 19.3. The molecule has 1 N–H and O–H groups in total. The summed E-state index contributed by atoms with van der Waals surface area (Å²) in [6.07, 6.45) is 0. The number of rotatable bonds is 4. The van der Waals surface area contributed by atoms with Crippen LogP contribution >= 0.6 is 0 Å². The van der Waals surface area contributed by atoms with E-state index in [1.165, 1.54) is 12.1 Å². The summed E-state index contributed by atoms with van der Waals surface area (Å²) in [5, 5.41) is 9.42. The number of hydrogen-bond donors (Lipinski definition) is 1. The van der Waals surface area contributed by atoms with Crippen LogP contribution in [-0.2, 0) is 19.1 Å². The third-order valence-corrected chi connectivity index (χ3v) is 7.07. The number of nitrogens with zero attached hydrogens (tertiary/aromatic N) is 4. The summed E-state index contributed by atoms with van der Waals surface area (Å²) in [6.45, 7) is 10.5. The maximum atomic E-state index is 12.4. The van der Waals surface area contributed by atoms with E-state index in [2.05, 4.69) is 9.97 Å². The zero-order valence-electron chi connectivity index (χ0n) is 23.0. The Labute approximate surface area is 231 Å². The maximum absolute atomic E-state index is 12.4. The fourth-order valence-corrected chi connectivity index (χ4v) is 4.69. The zero-order valence-corrected chi connectivity index (χ0v) is 23.0. The Bertz CT molecular complexity index is 1370. The van der Waals surface area contributed by atoms with Crippen LogP contribution in [-0.4, -0.2) is 89.3 Å². The number of ether oxygens (including phenoxy) is 2. The molecule has 2 aliphatic rings. The number of aromatic nitrogens is 2. The van der Waals surface area contributed by atoms with Crippen molar-refractivity contribution in [3.63, 3.8) is 0 Å². The first-order valence-corrected chi connectivity index (χ1v) is 13.5. The van der Waals surface area contributed by atoms with E-state index in [0.29, 0.717) is 75.5 Å². The Morgan fingerprint density at radius 1 is 0.750 bits per heavy atom. The van der Waals surface area contributed by atoms with Crippen molar-refractivity contribution in [2.75, 3.05) is 52.6 Å². The van der Waals surface area contributed by atoms with Gasteiger partial charge in [0.2, 0.25) is 23.6 Å². The highest BCUT2D eigenvalue weighted by molar-refractivity contribution is 5.84. The second-order valence-electron chi connectivity index (χ2n) is 10.0. The highest BCUT2D eigenvalue weighted by atomic mass is 16.5. The number of benzene rings is 2. The number of phenolic OH excluding ortho intramolecular Hbond substituents is 1. The Morgan fingerprint density at radius 2 is 1.20 bits per heavy atom. The van der Waals surface area contributed by atoms with Gasteiger partial charge in [-0.1, -0.05) is 6.07 Å². The van der Waals surface area contributed by atoms with Gasteiger partial charge in [-0.3, -0.25) is 9.59 Å². The smallest absolute Gasteiger partial charge is 0.234 e. The Morgan fingerprint density at radius 3 is 1.70 bits per heavy atom. The molecule has 4 aromatic rings. The minimum absolute atomic E-state index is 0.0101. The number of morpholine rings is 2. The minimum Gasteiger partial charge on any atom is -0.508 e. The van der Waals surface area contributed by atoms with Gasteiger partial charge in [0, 0.05) is 32.2 Å². The highest BCUT2D eigenvalue weighted by Gasteiger charge is 2.28. The average molecular weight is 551 g/mol. The second-order valence-corrected chi connectivity index (χ2v) is 10.0. The van der Waals surface area contributed by atoms with Gasteiger partial charge in [-0.05, 0) is 50.6 Å². The van der Waals surface area contributed by atoms with Crippen molar-refractivity contribution in [2.45, 2.75) is 32.6 Å². The SMILES string of the molecule is CC(C(=O)N1CCOCC1)c1nc2cc(O)ccc2o1.Cc1ccc2oc(C(C)C(=O)N3CCOCC3)nc2c1. The molecule has 2 amide bonds. The zero-order chi connectivity index (χ0) is 28.2. The van der Waals surface area contributed by atoms with Crippen molar-refractivity contribution in [1.29, 1.82) is 0 Å². The van der Waals surface area contributed by atoms with Crippen LogP contribution in [0.25, 0.3) is 22.2 Å². The van der Waals surface area contributed by atoms with Crippen molar-refractivity contribution in [3.05, 3.63) is 53.7 Å². The molecule has 0 saturated carbocycles. The Balaban J connectivity index is 0.000000161. The standard InChI is InChI=1S/C15H18N2O3.C14H16N2O4/c1-10-3-4-13-12(9-10)16-14(20-13)11(2)15(18)17-5-7-19-8-6-17;1-9(14(18)16-4-6-19-7-5-16)13-15-11-8-10(17)2-3-12(11)20-13/h3-4,9,11H,5-8H2,1-2H3;2-3,8-9,17H,4-7H2,1H3. The number of amides is 2. The van der Waals surface area contributed by atoms with Crippen molar-refractivity contribution >= 4 is 34.0 Å². The fraction of sp³-hybridized carbons (Fsp3) is 0.448. The van der Waals surface area contributed by atoms with Crippen molar-refractivity contribution in [3.8, 4) is 5.75 Å². The van der Waals surface area contributed by atoms with Crippen LogP contribution in [0, 0.1) is 6.92 Å². The molecule has 4 heterocycles. The summed E-state index contributed by atoms with van der Waals surface area (Å²) < 4.78 is 21.8. The number of hydrogen-bond acceptors (Lipinski definition) is 9. The van der Waals surface area contributed by atoms with Crippen LogP contribution in [0.5, 0.6) is 5.75 Å². The molecule has 0 bridgehead atoms. The van der Waals surface area contributed by atoms with E-state index in [1.807, 2.05) is 36.9 Å². The van der Waals surface area contributed by atoms with E-state index in [9.17, 15) is 14.7 Å². The summed E-state index contributed by atoms with van der Waals surface area (Å²) in [5.74, 6) is 0.234. The van der Waals surface area contributed by atoms with Gasteiger partial charge in [-0.2, -0.15) is 0 Å². The predicted octanol–water partition coefficient (Wildman–Crippen LogP) is 3.59. The molecule has 11 nitrogen and oxygen atoms in total. The summed E-state index contributed by atoms with van der Waals surface area (Å²) in [6, 6.07) is 10.5. The number of aryl methyl sites for hydroxylation is 1. The Hall–Kier alpha value is -3.96. The molecule has 2 unspecified atom stereocenters. The van der Waals surface area contributed by atoms with Gasteiger partial charge in [0.1, 0.15) is 28.6 Å². The molecular weight excluding hydrogens is 516 g/mol. The summed E-state index contributed by atoms with van der Waals surface area (Å²) in [7, 11) is 0. The minimum atomic E-state index is -0.442. The number of phenols is 1. The molecule has 40 heavy (non-hydrogen) atoms. The number of oxazole rings is 2. The molecule has 6 rings (SSSR count). The van der Waals surface area contributed by atoms with Gasteiger partial charge >= 0.3 is 0 Å².